The second kappa shape index (κ2) is 15.0. The fourth-order valence-corrected chi connectivity index (χ4v) is 8.32. The molecule has 60 heavy (non-hydrogen) atoms. The fraction of sp³-hybridized carbons (Fsp3) is 0. The molecule has 0 saturated heterocycles. The van der Waals surface area contributed by atoms with E-state index in [0.29, 0.717) is 17.5 Å². The normalized spacial score (nSPS) is 11.3. The summed E-state index contributed by atoms with van der Waals surface area (Å²) in [5, 5.41) is 5.94. The number of nitrogens with zero attached hydrogens (tertiary/aromatic N) is 4. The molecule has 0 radical (unpaired) electrons. The SMILES string of the molecule is c1ccc(-c2ccc(-c3nc4c(-c5cccc(-c6ccc(-c7nc(-c8ccccc8)nc(-c8ccccc8)n7)cc6)c5)cccc4c4c3ccc3ccccc34)cc2)cc1. The van der Waals surface area contributed by atoms with Crippen LogP contribution in [0.1, 0.15) is 0 Å². The van der Waals surface area contributed by atoms with E-state index in [1.165, 1.54) is 27.3 Å². The van der Waals surface area contributed by atoms with Gasteiger partial charge in [-0.3, -0.25) is 0 Å². The monoisotopic (exact) mass is 764 g/mol. The number of rotatable bonds is 7. The van der Waals surface area contributed by atoms with Crippen LogP contribution in [0.2, 0.25) is 0 Å². The highest BCUT2D eigenvalue weighted by Gasteiger charge is 2.17. The molecule has 11 aromatic rings. The third-order valence-corrected chi connectivity index (χ3v) is 11.3. The van der Waals surface area contributed by atoms with Gasteiger partial charge < -0.3 is 0 Å². The Hall–Kier alpha value is -8.08. The van der Waals surface area contributed by atoms with Crippen molar-refractivity contribution in [3.63, 3.8) is 0 Å². The van der Waals surface area contributed by atoms with Crippen LogP contribution in [0.15, 0.2) is 218 Å². The van der Waals surface area contributed by atoms with Crippen molar-refractivity contribution in [3.8, 4) is 78.8 Å². The van der Waals surface area contributed by atoms with E-state index in [4.69, 9.17) is 19.9 Å². The Morgan fingerprint density at radius 3 is 1.35 bits per heavy atom. The average molecular weight is 765 g/mol. The zero-order valence-corrected chi connectivity index (χ0v) is 32.6. The zero-order valence-electron chi connectivity index (χ0n) is 32.6. The predicted octanol–water partition coefficient (Wildman–Crippen LogP) is 14.4. The second-order valence-electron chi connectivity index (χ2n) is 15.0. The van der Waals surface area contributed by atoms with E-state index in [1.807, 2.05) is 60.7 Å². The fourth-order valence-electron chi connectivity index (χ4n) is 8.32. The van der Waals surface area contributed by atoms with Gasteiger partial charge in [-0.2, -0.15) is 0 Å². The van der Waals surface area contributed by atoms with E-state index in [1.54, 1.807) is 0 Å². The molecule has 0 aliphatic carbocycles. The molecule has 11 rings (SSSR count). The first kappa shape index (κ1) is 35.1. The summed E-state index contributed by atoms with van der Waals surface area (Å²) in [4.78, 5) is 20.3. The molecule has 0 saturated carbocycles. The predicted molar refractivity (Wildman–Crippen MR) is 248 cm³/mol. The molecule has 9 aromatic carbocycles. The number of fused-ring (bicyclic) bond motifs is 5. The van der Waals surface area contributed by atoms with Crippen molar-refractivity contribution in [2.45, 2.75) is 0 Å². The Balaban J connectivity index is 1.01. The summed E-state index contributed by atoms with van der Waals surface area (Å²) in [6.45, 7) is 0. The van der Waals surface area contributed by atoms with E-state index >= 15 is 0 Å². The van der Waals surface area contributed by atoms with Crippen LogP contribution >= 0.6 is 0 Å². The van der Waals surface area contributed by atoms with Crippen LogP contribution in [0.3, 0.4) is 0 Å². The molecule has 0 N–H and O–H groups in total. The molecule has 4 nitrogen and oxygen atoms in total. The van der Waals surface area contributed by atoms with Crippen molar-refractivity contribution in [2.24, 2.45) is 0 Å². The van der Waals surface area contributed by atoms with Gasteiger partial charge in [0, 0.05) is 44.0 Å². The minimum Gasteiger partial charge on any atom is -0.246 e. The molecule has 4 heteroatoms. The molecule has 0 bridgehead atoms. The van der Waals surface area contributed by atoms with E-state index in [9.17, 15) is 0 Å². The largest absolute Gasteiger partial charge is 0.246 e. The topological polar surface area (TPSA) is 51.6 Å². The molecule has 2 aromatic heterocycles. The molecule has 0 aliphatic heterocycles. The first-order valence-corrected chi connectivity index (χ1v) is 20.2. The summed E-state index contributed by atoms with van der Waals surface area (Å²) in [6, 6.07) is 76.5. The summed E-state index contributed by atoms with van der Waals surface area (Å²) in [6.07, 6.45) is 0. The molecule has 0 atom stereocenters. The number of hydrogen-bond acceptors (Lipinski definition) is 4. The Kier molecular flexibility index (Phi) is 8.79. The number of hydrogen-bond donors (Lipinski definition) is 0. The average Bonchev–Trinajstić information content (AvgIpc) is 3.34. The van der Waals surface area contributed by atoms with Crippen molar-refractivity contribution >= 4 is 32.4 Å². The Labute approximate surface area is 348 Å². The van der Waals surface area contributed by atoms with Gasteiger partial charge in [0.05, 0.1) is 11.2 Å². The highest BCUT2D eigenvalue weighted by molar-refractivity contribution is 6.24. The molecular formula is C56H36N4. The highest BCUT2D eigenvalue weighted by atomic mass is 15.0. The van der Waals surface area contributed by atoms with Crippen LogP contribution < -0.4 is 0 Å². The van der Waals surface area contributed by atoms with Gasteiger partial charge in [0.1, 0.15) is 0 Å². The maximum absolute atomic E-state index is 5.55. The number of benzene rings is 9. The molecule has 0 aliphatic rings. The summed E-state index contributed by atoms with van der Waals surface area (Å²) in [5.74, 6) is 1.93. The summed E-state index contributed by atoms with van der Waals surface area (Å²) >= 11 is 0. The van der Waals surface area contributed by atoms with Crippen LogP contribution in [0, 0.1) is 0 Å². The lowest BCUT2D eigenvalue weighted by Crippen LogP contribution is -2.00. The molecule has 0 spiro atoms. The first-order chi connectivity index (χ1) is 29.7. The number of aromatic nitrogens is 4. The minimum atomic E-state index is 0.634. The van der Waals surface area contributed by atoms with E-state index in [2.05, 4.69) is 158 Å². The summed E-state index contributed by atoms with van der Waals surface area (Å²) < 4.78 is 0. The molecule has 0 unspecified atom stereocenters. The Bertz CT molecular complexity index is 3270. The lowest BCUT2D eigenvalue weighted by molar-refractivity contribution is 1.07. The molecule has 0 fully saturated rings. The van der Waals surface area contributed by atoms with Crippen LogP contribution in [-0.2, 0) is 0 Å². The maximum atomic E-state index is 5.55. The minimum absolute atomic E-state index is 0.634. The van der Waals surface area contributed by atoms with Crippen LogP contribution in [0.5, 0.6) is 0 Å². The molecular weight excluding hydrogens is 729 g/mol. The van der Waals surface area contributed by atoms with Crippen LogP contribution in [0.25, 0.3) is 111 Å². The lowest BCUT2D eigenvalue weighted by atomic mass is 9.91. The van der Waals surface area contributed by atoms with Gasteiger partial charge in [-0.15, -0.1) is 0 Å². The molecule has 0 amide bonds. The third-order valence-electron chi connectivity index (χ3n) is 11.3. The van der Waals surface area contributed by atoms with Gasteiger partial charge in [0.2, 0.25) is 0 Å². The quantitative estimate of drug-likeness (QED) is 0.152. The van der Waals surface area contributed by atoms with Gasteiger partial charge in [-0.25, -0.2) is 19.9 Å². The van der Waals surface area contributed by atoms with Crippen LogP contribution in [-0.4, -0.2) is 19.9 Å². The summed E-state index contributed by atoms with van der Waals surface area (Å²) in [5.41, 5.74) is 12.7. The summed E-state index contributed by atoms with van der Waals surface area (Å²) in [7, 11) is 0. The third kappa shape index (κ3) is 6.47. The van der Waals surface area contributed by atoms with Gasteiger partial charge >= 0.3 is 0 Å². The molecule has 2 heterocycles. The van der Waals surface area contributed by atoms with Crippen molar-refractivity contribution < 1.29 is 0 Å². The first-order valence-electron chi connectivity index (χ1n) is 20.2. The van der Waals surface area contributed by atoms with Gasteiger partial charge in [0.25, 0.3) is 0 Å². The Morgan fingerprint density at radius 1 is 0.250 bits per heavy atom. The maximum Gasteiger partial charge on any atom is 0.164 e. The smallest absolute Gasteiger partial charge is 0.164 e. The van der Waals surface area contributed by atoms with Crippen molar-refractivity contribution in [1.29, 1.82) is 0 Å². The standard InChI is InChI=1S/C56H36N4/c1-4-14-37(15-5-1)38-26-30-41(31-27-38)52-50-35-34-40-16-10-11-23-47(40)51(50)49-25-13-24-48(53(49)57-52)46-22-12-21-45(36-46)39-28-32-44(33-29-39)56-59-54(42-17-6-2-7-18-42)58-55(60-56)43-19-8-3-9-20-43/h1-36H. The zero-order chi connectivity index (χ0) is 39.8. The van der Waals surface area contributed by atoms with Gasteiger partial charge in [0.15, 0.2) is 17.5 Å². The van der Waals surface area contributed by atoms with E-state index < -0.39 is 0 Å². The van der Waals surface area contributed by atoms with Crippen molar-refractivity contribution in [2.75, 3.05) is 0 Å². The molecule has 280 valence electrons. The Morgan fingerprint density at radius 2 is 0.700 bits per heavy atom. The lowest BCUT2D eigenvalue weighted by Gasteiger charge is -2.16. The van der Waals surface area contributed by atoms with Crippen molar-refractivity contribution in [1.82, 2.24) is 19.9 Å². The van der Waals surface area contributed by atoms with Gasteiger partial charge in [-0.1, -0.05) is 212 Å². The van der Waals surface area contributed by atoms with E-state index in [-0.39, 0.29) is 0 Å². The number of pyridine rings is 1. The van der Waals surface area contributed by atoms with Crippen LogP contribution in [0.4, 0.5) is 0 Å². The highest BCUT2D eigenvalue weighted by Crippen LogP contribution is 2.41. The second-order valence-corrected chi connectivity index (χ2v) is 15.0. The van der Waals surface area contributed by atoms with Crippen molar-refractivity contribution in [3.05, 3.63) is 218 Å². The van der Waals surface area contributed by atoms with Gasteiger partial charge in [-0.05, 0) is 44.7 Å². The van der Waals surface area contributed by atoms with E-state index in [0.717, 1.165) is 66.5 Å². The number of para-hydroxylation sites is 1.